The number of aryl methyl sites for hydroxylation is 1. The maximum Gasteiger partial charge on any atom is 0.574 e. The summed E-state index contributed by atoms with van der Waals surface area (Å²) in [6.07, 6.45) is -5.00. The van der Waals surface area contributed by atoms with Gasteiger partial charge in [0.1, 0.15) is 11.3 Å². The molecule has 0 bridgehead atoms. The molecule has 0 unspecified atom stereocenters. The van der Waals surface area contributed by atoms with Crippen LogP contribution in [0.25, 0.3) is 0 Å². The normalized spacial score (nSPS) is 11.1. The maximum absolute atomic E-state index is 12.0. The summed E-state index contributed by atoms with van der Waals surface area (Å²) in [6.45, 7) is 1.37. The predicted molar refractivity (Wildman–Crippen MR) is 49.2 cm³/mol. The fraction of sp³-hybridized carbons (Fsp3) is 0.333. The molecule has 94 valence electrons. The lowest BCUT2D eigenvalue weighted by Crippen LogP contribution is -2.20. The van der Waals surface area contributed by atoms with E-state index in [-0.39, 0.29) is 11.4 Å². The predicted octanol–water partition coefficient (Wildman–Crippen LogP) is 2.00. The molecular weight excluding hydrogens is 243 g/mol. The second-order valence-electron chi connectivity index (χ2n) is 2.98. The highest BCUT2D eigenvalue weighted by atomic mass is 19.4. The van der Waals surface area contributed by atoms with Gasteiger partial charge in [-0.3, -0.25) is 0 Å². The Kier molecular flexibility index (Phi) is 3.45. The fourth-order valence-corrected chi connectivity index (χ4v) is 1.11. The molecule has 0 saturated heterocycles. The van der Waals surface area contributed by atoms with Crippen molar-refractivity contribution < 1.29 is 32.5 Å². The molecule has 8 heteroatoms. The van der Waals surface area contributed by atoms with Crippen molar-refractivity contribution in [1.29, 1.82) is 0 Å². The zero-order chi connectivity index (χ0) is 13.2. The first kappa shape index (κ1) is 13.1. The van der Waals surface area contributed by atoms with E-state index in [0.717, 1.165) is 6.07 Å². The summed E-state index contributed by atoms with van der Waals surface area (Å²) in [4.78, 5) is 14.1. The quantitative estimate of drug-likeness (QED) is 0.889. The number of carboxylic acids is 1. The lowest BCUT2D eigenvalue weighted by Gasteiger charge is -2.12. The number of carbonyl (C=O) groups is 1. The second-order valence-corrected chi connectivity index (χ2v) is 2.98. The van der Waals surface area contributed by atoms with Crippen molar-refractivity contribution in [3.63, 3.8) is 0 Å². The molecular formula is C9H8F3NO4. The van der Waals surface area contributed by atoms with Gasteiger partial charge in [0.25, 0.3) is 0 Å². The van der Waals surface area contributed by atoms with Gasteiger partial charge in [-0.05, 0) is 6.92 Å². The maximum atomic E-state index is 12.0. The minimum absolute atomic E-state index is 0.0666. The molecule has 1 heterocycles. The van der Waals surface area contributed by atoms with Gasteiger partial charge in [-0.1, -0.05) is 0 Å². The lowest BCUT2D eigenvalue weighted by molar-refractivity contribution is -0.276. The van der Waals surface area contributed by atoms with E-state index < -0.39 is 23.8 Å². The third-order valence-corrected chi connectivity index (χ3v) is 1.79. The number of carboxylic acid groups (broad SMARTS) is 1. The summed E-state index contributed by atoms with van der Waals surface area (Å²) < 4.78 is 44.3. The SMILES string of the molecule is COc1cc(C(=O)O)c(OC(F)(F)F)nc1C. The Bertz CT molecular complexity index is 445. The molecule has 5 nitrogen and oxygen atoms in total. The Labute approximate surface area is 93.8 Å². The Morgan fingerprint density at radius 3 is 2.47 bits per heavy atom. The number of pyridine rings is 1. The first-order valence-electron chi connectivity index (χ1n) is 4.29. The summed E-state index contributed by atoms with van der Waals surface area (Å²) in [5.74, 6) is -2.53. The molecule has 0 aliphatic rings. The standard InChI is InChI=1S/C9H8F3NO4/c1-4-6(16-2)3-5(8(14)15)7(13-4)17-9(10,11)12/h3H,1-2H3,(H,14,15). The van der Waals surface area contributed by atoms with Crippen LogP contribution >= 0.6 is 0 Å². The van der Waals surface area contributed by atoms with Gasteiger partial charge in [-0.15, -0.1) is 13.2 Å². The molecule has 0 aliphatic heterocycles. The van der Waals surface area contributed by atoms with Crippen molar-refractivity contribution in [2.75, 3.05) is 7.11 Å². The van der Waals surface area contributed by atoms with Gasteiger partial charge < -0.3 is 14.6 Å². The summed E-state index contributed by atoms with van der Waals surface area (Å²) in [5, 5.41) is 8.73. The number of aromatic carboxylic acids is 1. The van der Waals surface area contributed by atoms with E-state index in [1.165, 1.54) is 14.0 Å². The van der Waals surface area contributed by atoms with Crippen LogP contribution in [0.3, 0.4) is 0 Å². The molecule has 1 N–H and O–H groups in total. The van der Waals surface area contributed by atoms with Crippen LogP contribution in [0.4, 0.5) is 13.2 Å². The van der Waals surface area contributed by atoms with Crippen LogP contribution in [0.15, 0.2) is 6.07 Å². The number of nitrogens with zero attached hydrogens (tertiary/aromatic N) is 1. The highest BCUT2D eigenvalue weighted by Crippen LogP contribution is 2.29. The van der Waals surface area contributed by atoms with Crippen LogP contribution < -0.4 is 9.47 Å². The summed E-state index contributed by atoms with van der Waals surface area (Å²) in [7, 11) is 1.25. The van der Waals surface area contributed by atoms with E-state index in [1.807, 2.05) is 0 Å². The Morgan fingerprint density at radius 2 is 2.06 bits per heavy atom. The number of alkyl halides is 3. The van der Waals surface area contributed by atoms with Crippen molar-refractivity contribution in [3.8, 4) is 11.6 Å². The second kappa shape index (κ2) is 4.48. The number of hydrogen-bond donors (Lipinski definition) is 1. The Morgan fingerprint density at radius 1 is 1.47 bits per heavy atom. The molecule has 0 aliphatic carbocycles. The molecule has 17 heavy (non-hydrogen) atoms. The van der Waals surface area contributed by atoms with Gasteiger partial charge in [0.05, 0.1) is 12.8 Å². The van der Waals surface area contributed by atoms with E-state index in [0.29, 0.717) is 0 Å². The van der Waals surface area contributed by atoms with E-state index in [4.69, 9.17) is 9.84 Å². The van der Waals surface area contributed by atoms with Crippen LogP contribution in [0.1, 0.15) is 16.1 Å². The topological polar surface area (TPSA) is 68.7 Å². The molecule has 0 spiro atoms. The smallest absolute Gasteiger partial charge is 0.495 e. The number of halogens is 3. The minimum Gasteiger partial charge on any atom is -0.495 e. The van der Waals surface area contributed by atoms with Gasteiger partial charge >= 0.3 is 12.3 Å². The zero-order valence-corrected chi connectivity index (χ0v) is 8.83. The monoisotopic (exact) mass is 251 g/mol. The fourth-order valence-electron chi connectivity index (χ4n) is 1.11. The third kappa shape index (κ3) is 3.23. The molecule has 0 fully saturated rings. The van der Waals surface area contributed by atoms with Gasteiger partial charge in [-0.25, -0.2) is 9.78 Å². The van der Waals surface area contributed by atoms with E-state index in [9.17, 15) is 18.0 Å². The molecule has 1 aromatic heterocycles. The minimum atomic E-state index is -5.00. The summed E-state index contributed by atoms with van der Waals surface area (Å²) in [6, 6.07) is 0.922. The van der Waals surface area contributed by atoms with Crippen LogP contribution in [-0.2, 0) is 0 Å². The zero-order valence-electron chi connectivity index (χ0n) is 8.83. The number of ether oxygens (including phenoxy) is 2. The number of aromatic nitrogens is 1. The van der Waals surface area contributed by atoms with Crippen molar-refractivity contribution in [2.45, 2.75) is 13.3 Å². The largest absolute Gasteiger partial charge is 0.574 e. The van der Waals surface area contributed by atoms with Crippen molar-refractivity contribution >= 4 is 5.97 Å². The highest BCUT2D eigenvalue weighted by Gasteiger charge is 2.34. The summed E-state index contributed by atoms with van der Waals surface area (Å²) in [5.41, 5.74) is -0.624. The number of hydrogen-bond acceptors (Lipinski definition) is 4. The number of rotatable bonds is 3. The Balaban J connectivity index is 3.28. The van der Waals surface area contributed by atoms with Gasteiger partial charge in [-0.2, -0.15) is 0 Å². The molecule has 0 saturated carbocycles. The average Bonchev–Trinajstić information content (AvgIpc) is 2.14. The van der Waals surface area contributed by atoms with Gasteiger partial charge in [0.15, 0.2) is 0 Å². The average molecular weight is 251 g/mol. The highest BCUT2D eigenvalue weighted by molar-refractivity contribution is 5.90. The molecule has 1 aromatic rings. The van der Waals surface area contributed by atoms with E-state index in [1.54, 1.807) is 0 Å². The van der Waals surface area contributed by atoms with Crippen molar-refractivity contribution in [3.05, 3.63) is 17.3 Å². The van der Waals surface area contributed by atoms with E-state index in [2.05, 4.69) is 9.72 Å². The Hall–Kier alpha value is -1.99. The molecule has 0 amide bonds. The summed E-state index contributed by atoms with van der Waals surface area (Å²) >= 11 is 0. The van der Waals surface area contributed by atoms with Crippen LogP contribution in [0, 0.1) is 6.92 Å². The van der Waals surface area contributed by atoms with Crippen LogP contribution in [0.5, 0.6) is 11.6 Å². The molecule has 0 atom stereocenters. The lowest BCUT2D eigenvalue weighted by atomic mass is 10.2. The molecule has 1 rings (SSSR count). The van der Waals surface area contributed by atoms with Gasteiger partial charge in [0, 0.05) is 6.07 Å². The first-order chi connectivity index (χ1) is 7.74. The van der Waals surface area contributed by atoms with Gasteiger partial charge in [0.2, 0.25) is 5.88 Å². The molecule has 0 radical (unpaired) electrons. The van der Waals surface area contributed by atoms with Crippen LogP contribution in [-0.4, -0.2) is 29.5 Å². The molecule has 0 aromatic carbocycles. The number of methoxy groups -OCH3 is 1. The van der Waals surface area contributed by atoms with Crippen molar-refractivity contribution in [1.82, 2.24) is 4.98 Å². The first-order valence-corrected chi connectivity index (χ1v) is 4.29. The van der Waals surface area contributed by atoms with Crippen molar-refractivity contribution in [2.24, 2.45) is 0 Å². The van der Waals surface area contributed by atoms with Crippen LogP contribution in [0.2, 0.25) is 0 Å². The third-order valence-electron chi connectivity index (χ3n) is 1.79. The van der Waals surface area contributed by atoms with E-state index >= 15 is 0 Å².